The van der Waals surface area contributed by atoms with Crippen LogP contribution in [0.1, 0.15) is 21.5 Å². The Kier molecular flexibility index (Phi) is 5.02. The van der Waals surface area contributed by atoms with Crippen molar-refractivity contribution in [2.45, 2.75) is 13.0 Å². The number of benzene rings is 3. The summed E-state index contributed by atoms with van der Waals surface area (Å²) in [6, 6.07) is 23.3. The molecule has 0 N–H and O–H groups in total. The van der Waals surface area contributed by atoms with Gasteiger partial charge in [0, 0.05) is 6.42 Å². The molecule has 0 atom stereocenters. The van der Waals surface area contributed by atoms with Crippen LogP contribution < -0.4 is 4.74 Å². The Labute approximate surface area is 140 Å². The maximum atomic E-state index is 14.0. The summed E-state index contributed by atoms with van der Waals surface area (Å²) >= 11 is 0. The number of ketones is 1. The van der Waals surface area contributed by atoms with Gasteiger partial charge in [0.05, 0.1) is 5.56 Å². The number of ether oxygens (including phenoxy) is 1. The maximum absolute atomic E-state index is 14.0. The molecule has 0 radical (unpaired) electrons. The van der Waals surface area contributed by atoms with E-state index in [9.17, 15) is 9.18 Å². The number of rotatable bonds is 6. The summed E-state index contributed by atoms with van der Waals surface area (Å²) in [7, 11) is 0. The Bertz CT molecular complexity index is 814. The molecule has 0 amide bonds. The first kappa shape index (κ1) is 15.9. The fraction of sp³-hybridized carbons (Fsp3) is 0.0952. The Morgan fingerprint density at radius 1 is 0.833 bits per heavy atom. The van der Waals surface area contributed by atoms with Crippen molar-refractivity contribution in [3.63, 3.8) is 0 Å². The Morgan fingerprint density at radius 2 is 1.46 bits per heavy atom. The summed E-state index contributed by atoms with van der Waals surface area (Å²) in [4.78, 5) is 12.4. The van der Waals surface area contributed by atoms with E-state index < -0.39 is 5.82 Å². The molecular weight excluding hydrogens is 303 g/mol. The highest BCUT2D eigenvalue weighted by Crippen LogP contribution is 2.20. The standard InChI is InChI=1S/C21H17FO2/c22-20-12-11-18(24-15-17-9-5-2-6-10-17)14-19(20)21(23)13-16-7-3-1-4-8-16/h1-12,14H,13,15H2. The minimum atomic E-state index is -0.525. The molecule has 0 saturated carbocycles. The first-order chi connectivity index (χ1) is 11.7. The van der Waals surface area contributed by atoms with Gasteiger partial charge in [0.2, 0.25) is 0 Å². The molecule has 0 aliphatic carbocycles. The molecule has 0 unspecified atom stereocenters. The highest BCUT2D eigenvalue weighted by atomic mass is 19.1. The van der Waals surface area contributed by atoms with E-state index in [1.165, 1.54) is 18.2 Å². The lowest BCUT2D eigenvalue weighted by Gasteiger charge is -2.09. The average Bonchev–Trinajstić information content (AvgIpc) is 2.62. The number of hydrogen-bond donors (Lipinski definition) is 0. The van der Waals surface area contributed by atoms with Crippen LogP contribution in [0, 0.1) is 5.82 Å². The van der Waals surface area contributed by atoms with Crippen molar-refractivity contribution >= 4 is 5.78 Å². The lowest BCUT2D eigenvalue weighted by Crippen LogP contribution is -2.07. The third kappa shape index (κ3) is 4.07. The van der Waals surface area contributed by atoms with E-state index in [1.54, 1.807) is 0 Å². The zero-order valence-electron chi connectivity index (χ0n) is 13.1. The summed E-state index contributed by atoms with van der Waals surface area (Å²) in [6.45, 7) is 0.374. The number of carbonyl (C=O) groups excluding carboxylic acids is 1. The largest absolute Gasteiger partial charge is 0.489 e. The van der Waals surface area contributed by atoms with Crippen molar-refractivity contribution in [2.75, 3.05) is 0 Å². The number of hydrogen-bond acceptors (Lipinski definition) is 2. The van der Waals surface area contributed by atoms with Crippen molar-refractivity contribution in [2.24, 2.45) is 0 Å². The van der Waals surface area contributed by atoms with Crippen molar-refractivity contribution < 1.29 is 13.9 Å². The summed E-state index contributed by atoms with van der Waals surface area (Å²) in [5.74, 6) is -0.302. The molecule has 0 bridgehead atoms. The first-order valence-corrected chi connectivity index (χ1v) is 7.76. The van der Waals surface area contributed by atoms with E-state index in [0.29, 0.717) is 12.4 Å². The fourth-order valence-corrected chi connectivity index (χ4v) is 2.43. The van der Waals surface area contributed by atoms with Crippen LogP contribution in [0.15, 0.2) is 78.9 Å². The van der Waals surface area contributed by atoms with Crippen LogP contribution in [0.4, 0.5) is 4.39 Å². The predicted molar refractivity (Wildman–Crippen MR) is 91.7 cm³/mol. The van der Waals surface area contributed by atoms with Gasteiger partial charge in [0.25, 0.3) is 0 Å². The minimum Gasteiger partial charge on any atom is -0.489 e. The molecule has 3 aromatic carbocycles. The van der Waals surface area contributed by atoms with Gasteiger partial charge in [0.1, 0.15) is 18.2 Å². The van der Waals surface area contributed by atoms with Crippen LogP contribution in [0.2, 0.25) is 0 Å². The quantitative estimate of drug-likeness (QED) is 0.608. The molecule has 0 spiro atoms. The smallest absolute Gasteiger partial charge is 0.170 e. The molecule has 2 nitrogen and oxygen atoms in total. The van der Waals surface area contributed by atoms with Gasteiger partial charge in [-0.25, -0.2) is 4.39 Å². The van der Waals surface area contributed by atoms with Crippen LogP contribution in [0.5, 0.6) is 5.75 Å². The Hall–Kier alpha value is -2.94. The predicted octanol–water partition coefficient (Wildman–Crippen LogP) is 4.83. The molecule has 0 aromatic heterocycles. The van der Waals surface area contributed by atoms with E-state index in [2.05, 4.69) is 0 Å². The highest BCUT2D eigenvalue weighted by Gasteiger charge is 2.14. The van der Waals surface area contributed by atoms with E-state index in [1.807, 2.05) is 60.7 Å². The zero-order valence-corrected chi connectivity index (χ0v) is 13.1. The third-order valence-corrected chi connectivity index (χ3v) is 3.69. The third-order valence-electron chi connectivity index (χ3n) is 3.69. The van der Waals surface area contributed by atoms with E-state index in [0.717, 1.165) is 11.1 Å². The van der Waals surface area contributed by atoms with Crippen molar-refractivity contribution in [3.05, 3.63) is 101 Å². The van der Waals surface area contributed by atoms with Crippen LogP contribution in [0.3, 0.4) is 0 Å². The molecule has 3 rings (SSSR count). The van der Waals surface area contributed by atoms with Crippen LogP contribution in [-0.4, -0.2) is 5.78 Å². The monoisotopic (exact) mass is 320 g/mol. The molecule has 0 aliphatic heterocycles. The SMILES string of the molecule is O=C(Cc1ccccc1)c1cc(OCc2ccccc2)ccc1F. The maximum Gasteiger partial charge on any atom is 0.170 e. The zero-order chi connectivity index (χ0) is 16.8. The molecule has 24 heavy (non-hydrogen) atoms. The van der Waals surface area contributed by atoms with E-state index >= 15 is 0 Å². The summed E-state index contributed by atoms with van der Waals surface area (Å²) < 4.78 is 19.7. The van der Waals surface area contributed by atoms with Crippen LogP contribution in [0.25, 0.3) is 0 Å². The normalized spacial score (nSPS) is 10.4. The second-order valence-electron chi connectivity index (χ2n) is 5.50. The summed E-state index contributed by atoms with van der Waals surface area (Å²) in [5.41, 5.74) is 1.93. The second-order valence-corrected chi connectivity index (χ2v) is 5.50. The molecule has 3 heteroatoms. The molecule has 0 aliphatic rings. The number of carbonyl (C=O) groups is 1. The first-order valence-electron chi connectivity index (χ1n) is 7.76. The molecule has 0 heterocycles. The van der Waals surface area contributed by atoms with Gasteiger partial charge < -0.3 is 4.74 Å². The number of Topliss-reactive ketones (excluding diaryl/α,β-unsaturated/α-hetero) is 1. The molecule has 120 valence electrons. The van der Waals surface area contributed by atoms with Gasteiger partial charge >= 0.3 is 0 Å². The minimum absolute atomic E-state index is 0.0596. The van der Waals surface area contributed by atoms with Crippen molar-refractivity contribution in [1.29, 1.82) is 0 Å². The van der Waals surface area contributed by atoms with Gasteiger partial charge in [-0.1, -0.05) is 60.7 Å². The van der Waals surface area contributed by atoms with E-state index in [4.69, 9.17) is 4.74 Å². The second kappa shape index (κ2) is 7.55. The topological polar surface area (TPSA) is 26.3 Å². The molecule has 0 saturated heterocycles. The van der Waals surface area contributed by atoms with Gasteiger partial charge in [0.15, 0.2) is 5.78 Å². The van der Waals surface area contributed by atoms with Gasteiger partial charge in [-0.15, -0.1) is 0 Å². The van der Waals surface area contributed by atoms with Crippen molar-refractivity contribution in [1.82, 2.24) is 0 Å². The van der Waals surface area contributed by atoms with E-state index in [-0.39, 0.29) is 17.8 Å². The van der Waals surface area contributed by atoms with Crippen LogP contribution in [-0.2, 0) is 13.0 Å². The van der Waals surface area contributed by atoms with Crippen LogP contribution >= 0.6 is 0 Å². The van der Waals surface area contributed by atoms with Gasteiger partial charge in [-0.2, -0.15) is 0 Å². The molecular formula is C21H17FO2. The molecule has 3 aromatic rings. The lowest BCUT2D eigenvalue weighted by atomic mass is 10.0. The van der Waals surface area contributed by atoms with Gasteiger partial charge in [-0.3, -0.25) is 4.79 Å². The average molecular weight is 320 g/mol. The Morgan fingerprint density at radius 3 is 2.12 bits per heavy atom. The highest BCUT2D eigenvalue weighted by molar-refractivity contribution is 5.98. The van der Waals surface area contributed by atoms with Gasteiger partial charge in [-0.05, 0) is 29.3 Å². The molecule has 0 fully saturated rings. The fourth-order valence-electron chi connectivity index (χ4n) is 2.43. The summed E-state index contributed by atoms with van der Waals surface area (Å²) in [5, 5.41) is 0. The Balaban J connectivity index is 1.72. The lowest BCUT2D eigenvalue weighted by molar-refractivity contribution is 0.0988. The summed E-state index contributed by atoms with van der Waals surface area (Å²) in [6.07, 6.45) is 0.167. The van der Waals surface area contributed by atoms with Crippen molar-refractivity contribution in [3.8, 4) is 5.75 Å². The number of halogens is 1.